The van der Waals surface area contributed by atoms with Crippen LogP contribution in [-0.2, 0) is 6.54 Å². The van der Waals surface area contributed by atoms with Crippen LogP contribution in [0, 0.1) is 0 Å². The van der Waals surface area contributed by atoms with Crippen molar-refractivity contribution in [1.29, 1.82) is 0 Å². The molecule has 3 rings (SSSR count). The first-order valence-corrected chi connectivity index (χ1v) is 6.51. The molecule has 2 heteroatoms. The van der Waals surface area contributed by atoms with Crippen LogP contribution in [0.15, 0.2) is 85.2 Å². The highest BCUT2D eigenvalue weighted by Crippen LogP contribution is 2.22. The lowest BCUT2D eigenvalue weighted by atomic mass is 10.00. The van der Waals surface area contributed by atoms with Gasteiger partial charge in [0.1, 0.15) is 0 Å². The number of pyridine rings is 1. The van der Waals surface area contributed by atoms with Crippen molar-refractivity contribution in [2.75, 3.05) is 0 Å². The van der Waals surface area contributed by atoms with E-state index in [9.17, 15) is 0 Å². The highest BCUT2D eigenvalue weighted by molar-refractivity contribution is 5.66. The summed E-state index contributed by atoms with van der Waals surface area (Å²) in [6.45, 7) is 0.895. The molecule has 0 aliphatic carbocycles. The maximum absolute atomic E-state index is 2.20. The van der Waals surface area contributed by atoms with Gasteiger partial charge in [0.2, 0.25) is 0 Å². The molecule has 1 aromatic heterocycles. The van der Waals surface area contributed by atoms with Crippen LogP contribution in [0.1, 0.15) is 5.56 Å². The van der Waals surface area contributed by atoms with E-state index in [0.717, 1.165) is 6.54 Å². The van der Waals surface area contributed by atoms with E-state index in [1.165, 1.54) is 16.7 Å². The van der Waals surface area contributed by atoms with Gasteiger partial charge in [0, 0.05) is 17.7 Å². The maximum Gasteiger partial charge on any atom is 0.174 e. The van der Waals surface area contributed by atoms with Gasteiger partial charge >= 0.3 is 0 Å². The molecule has 0 fully saturated rings. The molecule has 0 atom stereocenters. The highest BCUT2D eigenvalue weighted by Gasteiger charge is 2.08. The van der Waals surface area contributed by atoms with Crippen molar-refractivity contribution in [1.82, 2.24) is 0 Å². The summed E-state index contributed by atoms with van der Waals surface area (Å²) in [7, 11) is 0. The van der Waals surface area contributed by atoms with Gasteiger partial charge in [-0.2, -0.15) is 0 Å². The van der Waals surface area contributed by atoms with Crippen molar-refractivity contribution in [2.24, 2.45) is 0 Å². The summed E-state index contributed by atoms with van der Waals surface area (Å²) in [5.41, 5.74) is 3.92. The summed E-state index contributed by atoms with van der Waals surface area (Å²) >= 11 is 0. The lowest BCUT2D eigenvalue weighted by Crippen LogP contribution is -3.00. The van der Waals surface area contributed by atoms with Crippen molar-refractivity contribution < 1.29 is 21.5 Å². The monoisotopic (exact) mass is 325 g/mol. The van der Waals surface area contributed by atoms with Crippen LogP contribution in [-0.4, -0.2) is 0 Å². The second kappa shape index (κ2) is 7.01. The van der Waals surface area contributed by atoms with Gasteiger partial charge in [-0.05, 0) is 11.1 Å². The lowest BCUT2D eigenvalue weighted by Gasteiger charge is -2.07. The fourth-order valence-corrected chi connectivity index (χ4v) is 2.29. The summed E-state index contributed by atoms with van der Waals surface area (Å²) in [6, 6.07) is 25.3. The first-order chi connectivity index (χ1) is 9.43. The normalized spacial score (nSPS) is 9.80. The first kappa shape index (κ1) is 14.5. The molecule has 0 radical (unpaired) electrons. The van der Waals surface area contributed by atoms with Crippen molar-refractivity contribution in [2.45, 2.75) is 6.54 Å². The van der Waals surface area contributed by atoms with Gasteiger partial charge in [-0.15, -0.1) is 0 Å². The summed E-state index contributed by atoms with van der Waals surface area (Å²) in [4.78, 5) is 0. The largest absolute Gasteiger partial charge is 1.00 e. The van der Waals surface area contributed by atoms with Gasteiger partial charge in [0.25, 0.3) is 0 Å². The summed E-state index contributed by atoms with van der Waals surface area (Å²) in [6.07, 6.45) is 4.20. The third kappa shape index (κ3) is 3.34. The van der Waals surface area contributed by atoms with Crippen LogP contribution in [0.5, 0.6) is 0 Å². The van der Waals surface area contributed by atoms with Crippen LogP contribution >= 0.6 is 0 Å². The second-order valence-electron chi connectivity index (χ2n) is 4.57. The molecule has 1 heterocycles. The molecule has 0 amide bonds. The Morgan fingerprint density at radius 2 is 1.25 bits per heavy atom. The standard InChI is InChI=1S/C18H16N.BrH/c1-3-9-16(10-4-1)18-12-6-5-11-17(18)15-19-13-7-2-8-14-19;/h1-14H,15H2;1H/q+1;/p-1. The number of nitrogens with zero attached hydrogens (tertiary/aromatic N) is 1. The van der Waals surface area contributed by atoms with Gasteiger partial charge in [-0.3, -0.25) is 0 Å². The van der Waals surface area contributed by atoms with Gasteiger partial charge in [-0.25, -0.2) is 4.57 Å². The molecule has 20 heavy (non-hydrogen) atoms. The Hall–Kier alpha value is -1.93. The molecule has 0 unspecified atom stereocenters. The zero-order valence-corrected chi connectivity index (χ0v) is 12.7. The van der Waals surface area contributed by atoms with Gasteiger partial charge in [0.05, 0.1) is 0 Å². The molecular formula is C18H16BrN. The fourth-order valence-electron chi connectivity index (χ4n) is 2.29. The molecule has 1 nitrogen and oxygen atoms in total. The van der Waals surface area contributed by atoms with Crippen LogP contribution in [0.25, 0.3) is 11.1 Å². The minimum atomic E-state index is 0. The second-order valence-corrected chi connectivity index (χ2v) is 4.57. The number of halogens is 1. The molecule has 0 spiro atoms. The zero-order chi connectivity index (χ0) is 12.9. The van der Waals surface area contributed by atoms with Gasteiger partial charge < -0.3 is 17.0 Å². The Morgan fingerprint density at radius 1 is 0.650 bits per heavy atom. The molecule has 0 N–H and O–H groups in total. The summed E-state index contributed by atoms with van der Waals surface area (Å²) < 4.78 is 2.20. The smallest absolute Gasteiger partial charge is 0.174 e. The van der Waals surface area contributed by atoms with Crippen LogP contribution in [0.4, 0.5) is 0 Å². The predicted molar refractivity (Wildman–Crippen MR) is 77.6 cm³/mol. The molecule has 2 aromatic carbocycles. The highest BCUT2D eigenvalue weighted by atomic mass is 79.9. The fraction of sp³-hybridized carbons (Fsp3) is 0.0556. The van der Waals surface area contributed by atoms with Crippen LogP contribution in [0.3, 0.4) is 0 Å². The molecule has 100 valence electrons. The van der Waals surface area contributed by atoms with E-state index in [-0.39, 0.29) is 17.0 Å². The molecule has 0 saturated carbocycles. The minimum Gasteiger partial charge on any atom is -1.00 e. The average Bonchev–Trinajstić information content (AvgIpc) is 2.50. The van der Waals surface area contributed by atoms with E-state index in [0.29, 0.717) is 0 Å². The van der Waals surface area contributed by atoms with Crippen molar-refractivity contribution >= 4 is 0 Å². The van der Waals surface area contributed by atoms with E-state index >= 15 is 0 Å². The Labute approximate surface area is 130 Å². The van der Waals surface area contributed by atoms with Gasteiger partial charge in [-0.1, -0.05) is 60.7 Å². The van der Waals surface area contributed by atoms with E-state index in [2.05, 4.69) is 83.7 Å². The first-order valence-electron chi connectivity index (χ1n) is 6.51. The number of hydrogen-bond donors (Lipinski definition) is 0. The number of benzene rings is 2. The van der Waals surface area contributed by atoms with Crippen molar-refractivity contribution in [3.8, 4) is 11.1 Å². The Balaban J connectivity index is 0.00000147. The summed E-state index contributed by atoms with van der Waals surface area (Å²) in [5.74, 6) is 0. The number of rotatable bonds is 3. The summed E-state index contributed by atoms with van der Waals surface area (Å²) in [5, 5.41) is 0. The third-order valence-electron chi connectivity index (χ3n) is 3.23. The molecule has 0 bridgehead atoms. The van der Waals surface area contributed by atoms with Crippen LogP contribution in [0.2, 0.25) is 0 Å². The SMILES string of the molecule is [Br-].c1ccc(-c2ccccc2C[n+]2ccccc2)cc1. The Morgan fingerprint density at radius 3 is 2.00 bits per heavy atom. The van der Waals surface area contributed by atoms with E-state index in [1.54, 1.807) is 0 Å². The predicted octanol–water partition coefficient (Wildman–Crippen LogP) is 0.693. The zero-order valence-electron chi connectivity index (χ0n) is 11.1. The van der Waals surface area contributed by atoms with Crippen molar-refractivity contribution in [3.63, 3.8) is 0 Å². The van der Waals surface area contributed by atoms with Gasteiger partial charge in [0.15, 0.2) is 18.9 Å². The maximum atomic E-state index is 2.20. The van der Waals surface area contributed by atoms with E-state index in [1.807, 2.05) is 6.07 Å². The minimum absolute atomic E-state index is 0. The average molecular weight is 326 g/mol. The van der Waals surface area contributed by atoms with E-state index in [4.69, 9.17) is 0 Å². The lowest BCUT2D eigenvalue weighted by molar-refractivity contribution is -0.688. The van der Waals surface area contributed by atoms with E-state index < -0.39 is 0 Å². The Kier molecular flexibility index (Phi) is 5.08. The molecule has 0 aliphatic heterocycles. The van der Waals surface area contributed by atoms with Crippen LogP contribution < -0.4 is 21.5 Å². The topological polar surface area (TPSA) is 3.88 Å². The number of aromatic nitrogens is 1. The molecular weight excluding hydrogens is 310 g/mol. The molecule has 0 aliphatic rings. The molecule has 3 aromatic rings. The molecule has 0 saturated heterocycles. The number of hydrogen-bond acceptors (Lipinski definition) is 0. The Bertz CT molecular complexity index is 651. The van der Waals surface area contributed by atoms with Crippen molar-refractivity contribution in [3.05, 3.63) is 90.8 Å². The third-order valence-corrected chi connectivity index (χ3v) is 3.23. The quantitative estimate of drug-likeness (QED) is 0.624.